The van der Waals surface area contributed by atoms with E-state index >= 15 is 0 Å². The molecule has 0 radical (unpaired) electrons. The summed E-state index contributed by atoms with van der Waals surface area (Å²) >= 11 is 0. The van der Waals surface area contributed by atoms with Crippen LogP contribution in [-0.4, -0.2) is 19.8 Å². The Morgan fingerprint density at radius 1 is 1.27 bits per heavy atom. The van der Waals surface area contributed by atoms with Gasteiger partial charge in [0.05, 0.1) is 5.69 Å². The lowest BCUT2D eigenvalue weighted by Crippen LogP contribution is -2.10. The van der Waals surface area contributed by atoms with Crippen molar-refractivity contribution in [3.63, 3.8) is 0 Å². The van der Waals surface area contributed by atoms with E-state index < -0.39 is 0 Å². The monoisotopic (exact) mass is 210 g/mol. The lowest BCUT2D eigenvalue weighted by molar-refractivity contribution is 0.763. The SMILES string of the molecule is CC.CC.Cc1cc2c(=O)[nH]cnn2n1. The molecule has 0 aromatic carbocycles. The standard InChI is InChI=1S/C6H6N4O.2C2H6/c1-4-2-5-6(11)7-3-8-10(5)9-4;2*1-2/h2-3H,1H3,(H,7,8,11);2*1-2H3. The van der Waals surface area contributed by atoms with Crippen LogP contribution in [0.4, 0.5) is 0 Å². The quantitative estimate of drug-likeness (QED) is 0.721. The number of aryl methyl sites for hydroxylation is 1. The van der Waals surface area contributed by atoms with Crippen molar-refractivity contribution < 1.29 is 0 Å². The van der Waals surface area contributed by atoms with Gasteiger partial charge in [-0.1, -0.05) is 27.7 Å². The molecule has 0 unspecified atom stereocenters. The summed E-state index contributed by atoms with van der Waals surface area (Å²) in [6.45, 7) is 9.81. The van der Waals surface area contributed by atoms with Gasteiger partial charge in [-0.25, -0.2) is 0 Å². The van der Waals surface area contributed by atoms with Crippen molar-refractivity contribution in [1.29, 1.82) is 0 Å². The Kier molecular flexibility index (Phi) is 6.01. The molecular weight excluding hydrogens is 192 g/mol. The Bertz CT molecular complexity index is 444. The first-order valence-electron chi connectivity index (χ1n) is 5.18. The van der Waals surface area contributed by atoms with Gasteiger partial charge in [-0.2, -0.15) is 5.10 Å². The lowest BCUT2D eigenvalue weighted by Gasteiger charge is -1.85. The Morgan fingerprint density at radius 3 is 2.40 bits per heavy atom. The molecule has 1 N–H and O–H groups in total. The first kappa shape index (κ1) is 13.4. The third-order valence-corrected chi connectivity index (χ3v) is 1.41. The predicted molar refractivity (Wildman–Crippen MR) is 61.0 cm³/mol. The van der Waals surface area contributed by atoms with Crippen molar-refractivity contribution in [2.24, 2.45) is 0 Å². The second kappa shape index (κ2) is 6.75. The number of rotatable bonds is 0. The maximum Gasteiger partial charge on any atom is 0.276 e. The summed E-state index contributed by atoms with van der Waals surface area (Å²) in [4.78, 5) is 13.5. The third kappa shape index (κ3) is 3.19. The molecule has 5 nitrogen and oxygen atoms in total. The zero-order valence-corrected chi connectivity index (χ0v) is 9.90. The molecule has 0 aliphatic heterocycles. The van der Waals surface area contributed by atoms with Gasteiger partial charge in [-0.3, -0.25) is 4.79 Å². The van der Waals surface area contributed by atoms with E-state index in [4.69, 9.17) is 0 Å². The minimum absolute atomic E-state index is 0.166. The summed E-state index contributed by atoms with van der Waals surface area (Å²) in [5.74, 6) is 0. The summed E-state index contributed by atoms with van der Waals surface area (Å²) in [5, 5.41) is 7.77. The number of H-pyrrole nitrogens is 1. The molecule has 0 saturated carbocycles. The smallest absolute Gasteiger partial charge is 0.276 e. The molecule has 0 aliphatic rings. The summed E-state index contributed by atoms with van der Waals surface area (Å²) in [5.41, 5.74) is 1.10. The molecule has 15 heavy (non-hydrogen) atoms. The van der Waals surface area contributed by atoms with Crippen LogP contribution < -0.4 is 5.56 Å². The molecule has 2 aromatic rings. The highest BCUT2D eigenvalue weighted by molar-refractivity contribution is 5.42. The molecule has 2 heterocycles. The first-order chi connectivity index (χ1) is 7.27. The molecular formula is C10H18N4O. The van der Waals surface area contributed by atoms with Gasteiger partial charge < -0.3 is 4.98 Å². The lowest BCUT2D eigenvalue weighted by atomic mass is 10.4. The van der Waals surface area contributed by atoms with E-state index in [0.717, 1.165) is 5.69 Å². The minimum Gasteiger partial charge on any atom is -0.310 e. The van der Waals surface area contributed by atoms with Crippen LogP contribution in [0.25, 0.3) is 5.52 Å². The molecule has 84 valence electrons. The average molecular weight is 210 g/mol. The molecule has 0 amide bonds. The fraction of sp³-hybridized carbons (Fsp3) is 0.500. The average Bonchev–Trinajstić information content (AvgIpc) is 2.66. The summed E-state index contributed by atoms with van der Waals surface area (Å²) in [7, 11) is 0. The fourth-order valence-electron chi connectivity index (χ4n) is 0.948. The van der Waals surface area contributed by atoms with E-state index in [-0.39, 0.29) is 5.56 Å². The number of aromatic nitrogens is 4. The highest BCUT2D eigenvalue weighted by Gasteiger charge is 1.99. The Labute approximate surface area is 89.1 Å². The van der Waals surface area contributed by atoms with Gasteiger partial charge >= 0.3 is 0 Å². The van der Waals surface area contributed by atoms with Crippen molar-refractivity contribution >= 4 is 5.52 Å². The number of nitrogens with zero attached hydrogens (tertiary/aromatic N) is 3. The number of aromatic amines is 1. The first-order valence-corrected chi connectivity index (χ1v) is 5.18. The number of nitrogens with one attached hydrogen (secondary N) is 1. The Morgan fingerprint density at radius 2 is 1.87 bits per heavy atom. The van der Waals surface area contributed by atoms with Gasteiger partial charge in [0.2, 0.25) is 0 Å². The summed E-state index contributed by atoms with van der Waals surface area (Å²) in [6, 6.07) is 1.69. The number of hydrogen-bond donors (Lipinski definition) is 1. The minimum atomic E-state index is -0.166. The van der Waals surface area contributed by atoms with Crippen LogP contribution in [0.5, 0.6) is 0 Å². The van der Waals surface area contributed by atoms with E-state index in [2.05, 4.69) is 15.2 Å². The van der Waals surface area contributed by atoms with Crippen molar-refractivity contribution in [3.8, 4) is 0 Å². The van der Waals surface area contributed by atoms with E-state index in [1.807, 2.05) is 34.6 Å². The molecule has 0 atom stereocenters. The molecule has 2 aromatic heterocycles. The highest BCUT2D eigenvalue weighted by atomic mass is 16.1. The Balaban J connectivity index is 0.000000442. The molecule has 0 fully saturated rings. The Hall–Kier alpha value is -1.65. The van der Waals surface area contributed by atoms with E-state index in [0.29, 0.717) is 5.52 Å². The van der Waals surface area contributed by atoms with Crippen LogP contribution in [0.15, 0.2) is 17.2 Å². The van der Waals surface area contributed by atoms with E-state index in [1.165, 1.54) is 11.0 Å². The molecule has 5 heteroatoms. The second-order valence-electron chi connectivity index (χ2n) is 2.28. The van der Waals surface area contributed by atoms with Crippen molar-refractivity contribution in [2.45, 2.75) is 34.6 Å². The van der Waals surface area contributed by atoms with E-state index in [1.54, 1.807) is 6.07 Å². The van der Waals surface area contributed by atoms with Gasteiger partial charge in [-0.05, 0) is 13.0 Å². The van der Waals surface area contributed by atoms with Gasteiger partial charge in [0.25, 0.3) is 5.56 Å². The van der Waals surface area contributed by atoms with Crippen LogP contribution in [-0.2, 0) is 0 Å². The topological polar surface area (TPSA) is 63.0 Å². The maximum atomic E-state index is 11.0. The molecule has 0 bridgehead atoms. The second-order valence-corrected chi connectivity index (χ2v) is 2.28. The number of fused-ring (bicyclic) bond motifs is 1. The van der Waals surface area contributed by atoms with Gasteiger partial charge in [0.15, 0.2) is 5.52 Å². The number of hydrogen-bond acceptors (Lipinski definition) is 3. The predicted octanol–water partition coefficient (Wildman–Crippen LogP) is 1.78. The van der Waals surface area contributed by atoms with Gasteiger partial charge in [0.1, 0.15) is 6.33 Å². The van der Waals surface area contributed by atoms with Crippen LogP contribution in [0.2, 0.25) is 0 Å². The third-order valence-electron chi connectivity index (χ3n) is 1.41. The van der Waals surface area contributed by atoms with Crippen LogP contribution in [0, 0.1) is 6.92 Å². The van der Waals surface area contributed by atoms with Crippen molar-refractivity contribution in [3.05, 3.63) is 28.4 Å². The maximum absolute atomic E-state index is 11.0. The highest BCUT2D eigenvalue weighted by Crippen LogP contribution is 1.95. The van der Waals surface area contributed by atoms with Crippen molar-refractivity contribution in [1.82, 2.24) is 19.8 Å². The van der Waals surface area contributed by atoms with Crippen molar-refractivity contribution in [2.75, 3.05) is 0 Å². The zero-order valence-electron chi connectivity index (χ0n) is 9.90. The van der Waals surface area contributed by atoms with Crippen LogP contribution >= 0.6 is 0 Å². The van der Waals surface area contributed by atoms with Gasteiger partial charge in [-0.15, -0.1) is 9.73 Å². The molecule has 0 spiro atoms. The normalized spacial score (nSPS) is 8.60. The zero-order chi connectivity index (χ0) is 11.8. The molecule has 0 saturated heterocycles. The fourth-order valence-corrected chi connectivity index (χ4v) is 0.948. The molecule has 0 aliphatic carbocycles. The summed E-state index contributed by atoms with van der Waals surface area (Å²) in [6.07, 6.45) is 1.32. The molecule has 2 rings (SSSR count). The van der Waals surface area contributed by atoms with Crippen LogP contribution in [0.3, 0.4) is 0 Å². The van der Waals surface area contributed by atoms with E-state index in [9.17, 15) is 4.79 Å². The summed E-state index contributed by atoms with van der Waals surface area (Å²) < 4.78 is 1.31. The van der Waals surface area contributed by atoms with Gasteiger partial charge in [0, 0.05) is 0 Å². The van der Waals surface area contributed by atoms with Crippen LogP contribution in [0.1, 0.15) is 33.4 Å². The largest absolute Gasteiger partial charge is 0.310 e.